The minimum absolute atomic E-state index is 0.0296. The Hall–Kier alpha value is -4.08. The number of ether oxygens (including phenoxy) is 1. The highest BCUT2D eigenvalue weighted by Gasteiger charge is 2.24. The van der Waals surface area contributed by atoms with E-state index in [0.29, 0.717) is 45.9 Å². The first-order valence-corrected chi connectivity index (χ1v) is 15.3. The SMILES string of the molecule is CC(=O)Nc1cc(-c2cccc(CN(CCCN)C(=O)N3CCOCC3)c2)ccc1N1CCN(c2ccccc2C)CC1. The highest BCUT2D eigenvalue weighted by atomic mass is 16.5. The maximum Gasteiger partial charge on any atom is 0.320 e. The average Bonchev–Trinajstić information content (AvgIpc) is 3.03. The van der Waals surface area contributed by atoms with Crippen LogP contribution in [0.1, 0.15) is 24.5 Å². The normalized spacial score (nSPS) is 15.4. The van der Waals surface area contributed by atoms with Crippen molar-refractivity contribution in [1.82, 2.24) is 9.80 Å². The van der Waals surface area contributed by atoms with Crippen LogP contribution in [-0.2, 0) is 16.1 Å². The molecule has 5 rings (SSSR count). The smallest absolute Gasteiger partial charge is 0.320 e. The summed E-state index contributed by atoms with van der Waals surface area (Å²) in [5.41, 5.74) is 13.3. The van der Waals surface area contributed by atoms with Gasteiger partial charge in [0.25, 0.3) is 0 Å². The van der Waals surface area contributed by atoms with Gasteiger partial charge in [0.15, 0.2) is 0 Å². The Morgan fingerprint density at radius 2 is 1.56 bits per heavy atom. The number of hydrogen-bond donors (Lipinski definition) is 2. The van der Waals surface area contributed by atoms with E-state index in [9.17, 15) is 9.59 Å². The van der Waals surface area contributed by atoms with Gasteiger partial charge in [0.05, 0.1) is 24.6 Å². The molecule has 0 radical (unpaired) electrons. The molecule has 0 aromatic heterocycles. The molecule has 2 heterocycles. The summed E-state index contributed by atoms with van der Waals surface area (Å²) >= 11 is 0. The topological polar surface area (TPSA) is 94.4 Å². The minimum atomic E-state index is -0.0946. The van der Waals surface area contributed by atoms with Gasteiger partial charge in [0.1, 0.15) is 0 Å². The Morgan fingerprint density at radius 1 is 0.860 bits per heavy atom. The molecule has 3 amide bonds. The molecule has 3 aromatic carbocycles. The summed E-state index contributed by atoms with van der Waals surface area (Å²) < 4.78 is 5.44. The molecular weight excluding hydrogens is 540 g/mol. The predicted octanol–water partition coefficient (Wildman–Crippen LogP) is 4.55. The molecular formula is C34H44N6O3. The van der Waals surface area contributed by atoms with Gasteiger partial charge in [0, 0.05) is 65.0 Å². The van der Waals surface area contributed by atoms with Gasteiger partial charge in [0.2, 0.25) is 5.91 Å². The average molecular weight is 585 g/mol. The first-order valence-electron chi connectivity index (χ1n) is 15.3. The van der Waals surface area contributed by atoms with Crippen LogP contribution in [0.3, 0.4) is 0 Å². The summed E-state index contributed by atoms with van der Waals surface area (Å²) in [6, 6.07) is 23.1. The van der Waals surface area contributed by atoms with Gasteiger partial charge in [-0.05, 0) is 66.4 Å². The zero-order valence-corrected chi connectivity index (χ0v) is 25.4. The van der Waals surface area contributed by atoms with Gasteiger partial charge in [-0.3, -0.25) is 4.79 Å². The molecule has 0 atom stereocenters. The van der Waals surface area contributed by atoms with Crippen LogP contribution in [0.15, 0.2) is 66.7 Å². The number of carbonyl (C=O) groups is 2. The number of hydrogen-bond acceptors (Lipinski definition) is 6. The summed E-state index contributed by atoms with van der Waals surface area (Å²) in [5, 5.41) is 3.08. The van der Waals surface area contributed by atoms with Crippen molar-refractivity contribution in [3.05, 3.63) is 77.9 Å². The first-order chi connectivity index (χ1) is 20.9. The quantitative estimate of drug-likeness (QED) is 0.383. The lowest BCUT2D eigenvalue weighted by Gasteiger charge is -2.38. The van der Waals surface area contributed by atoms with Crippen molar-refractivity contribution >= 4 is 29.0 Å². The maximum atomic E-state index is 13.3. The van der Waals surface area contributed by atoms with Gasteiger partial charge in [-0.25, -0.2) is 4.79 Å². The number of nitrogens with one attached hydrogen (secondary N) is 1. The second-order valence-corrected chi connectivity index (χ2v) is 11.3. The van der Waals surface area contributed by atoms with Crippen molar-refractivity contribution in [3.63, 3.8) is 0 Å². The molecule has 0 bridgehead atoms. The summed E-state index contributed by atoms with van der Waals surface area (Å²) in [4.78, 5) is 34.1. The summed E-state index contributed by atoms with van der Waals surface area (Å²) in [7, 11) is 0. The number of urea groups is 1. The van der Waals surface area contributed by atoms with Crippen molar-refractivity contribution < 1.29 is 14.3 Å². The molecule has 0 saturated carbocycles. The van der Waals surface area contributed by atoms with Crippen molar-refractivity contribution in [3.8, 4) is 11.1 Å². The van der Waals surface area contributed by atoms with E-state index in [4.69, 9.17) is 10.5 Å². The number of aryl methyl sites for hydroxylation is 1. The Labute approximate surface area is 255 Å². The lowest BCUT2D eigenvalue weighted by atomic mass is 10.0. The van der Waals surface area contributed by atoms with Gasteiger partial charge in [-0.15, -0.1) is 0 Å². The number of nitrogens with two attached hydrogens (primary N) is 1. The fourth-order valence-corrected chi connectivity index (χ4v) is 5.94. The fourth-order valence-electron chi connectivity index (χ4n) is 5.94. The number of amides is 3. The second kappa shape index (κ2) is 14.4. The Kier molecular flexibility index (Phi) is 10.2. The van der Waals surface area contributed by atoms with Crippen LogP contribution in [0.5, 0.6) is 0 Å². The summed E-state index contributed by atoms with van der Waals surface area (Å²) in [5.74, 6) is -0.0946. The van der Waals surface area contributed by atoms with E-state index >= 15 is 0 Å². The molecule has 2 aliphatic heterocycles. The number of para-hydroxylation sites is 1. The number of benzene rings is 3. The van der Waals surface area contributed by atoms with Crippen LogP contribution in [-0.4, -0.2) is 87.3 Å². The lowest BCUT2D eigenvalue weighted by molar-refractivity contribution is -0.114. The molecule has 2 aliphatic rings. The number of piperazine rings is 1. The van der Waals surface area contributed by atoms with E-state index in [0.717, 1.165) is 60.7 Å². The van der Waals surface area contributed by atoms with Gasteiger partial charge < -0.3 is 35.4 Å². The van der Waals surface area contributed by atoms with Gasteiger partial charge in [-0.1, -0.05) is 42.5 Å². The number of morpholine rings is 1. The fraction of sp³-hybridized carbons (Fsp3) is 0.412. The van der Waals surface area contributed by atoms with Crippen LogP contribution in [0.25, 0.3) is 11.1 Å². The largest absolute Gasteiger partial charge is 0.378 e. The van der Waals surface area contributed by atoms with Crippen molar-refractivity contribution in [2.45, 2.75) is 26.8 Å². The Morgan fingerprint density at radius 3 is 2.26 bits per heavy atom. The molecule has 0 spiro atoms. The Bertz CT molecular complexity index is 1400. The van der Waals surface area contributed by atoms with Crippen LogP contribution in [0.4, 0.5) is 21.9 Å². The van der Waals surface area contributed by atoms with E-state index in [1.807, 2.05) is 15.9 Å². The van der Waals surface area contributed by atoms with Gasteiger partial charge in [-0.2, -0.15) is 0 Å². The summed E-state index contributed by atoms with van der Waals surface area (Å²) in [6.07, 6.45) is 0.747. The standard InChI is InChI=1S/C34H44N6O3/c1-26-7-3-4-10-32(26)37-15-17-38(18-16-37)33-12-11-30(24-31(33)36-27(2)41)29-9-5-8-28(23-29)25-40(14-6-13-35)34(42)39-19-21-43-22-20-39/h3-5,7-12,23-24H,6,13-22,25,35H2,1-2H3,(H,36,41). The highest BCUT2D eigenvalue weighted by molar-refractivity contribution is 5.94. The highest BCUT2D eigenvalue weighted by Crippen LogP contribution is 2.33. The predicted molar refractivity (Wildman–Crippen MR) is 174 cm³/mol. The molecule has 2 saturated heterocycles. The third-order valence-electron chi connectivity index (χ3n) is 8.20. The molecule has 9 heteroatoms. The monoisotopic (exact) mass is 584 g/mol. The van der Waals surface area contributed by atoms with E-state index in [-0.39, 0.29) is 11.9 Å². The zero-order valence-electron chi connectivity index (χ0n) is 25.4. The van der Waals surface area contributed by atoms with Crippen LogP contribution >= 0.6 is 0 Å². The van der Waals surface area contributed by atoms with Crippen molar-refractivity contribution in [2.24, 2.45) is 5.73 Å². The van der Waals surface area contributed by atoms with Crippen molar-refractivity contribution in [1.29, 1.82) is 0 Å². The molecule has 0 aliphatic carbocycles. The second-order valence-electron chi connectivity index (χ2n) is 11.3. The molecule has 43 heavy (non-hydrogen) atoms. The van der Waals surface area contributed by atoms with E-state index in [1.54, 1.807) is 6.92 Å². The summed E-state index contributed by atoms with van der Waals surface area (Å²) in [6.45, 7) is 11.3. The van der Waals surface area contributed by atoms with Crippen molar-refractivity contribution in [2.75, 3.05) is 80.7 Å². The van der Waals surface area contributed by atoms with E-state index < -0.39 is 0 Å². The molecule has 228 valence electrons. The van der Waals surface area contributed by atoms with E-state index in [2.05, 4.69) is 82.7 Å². The molecule has 3 N–H and O–H groups in total. The van der Waals surface area contributed by atoms with Gasteiger partial charge >= 0.3 is 6.03 Å². The van der Waals surface area contributed by atoms with E-state index in [1.165, 1.54) is 11.3 Å². The number of carbonyl (C=O) groups excluding carboxylic acids is 2. The Balaban J connectivity index is 1.33. The minimum Gasteiger partial charge on any atom is -0.378 e. The molecule has 3 aromatic rings. The number of nitrogens with zero attached hydrogens (tertiary/aromatic N) is 4. The van der Waals surface area contributed by atoms with Crippen LogP contribution in [0, 0.1) is 6.92 Å². The third-order valence-corrected chi connectivity index (χ3v) is 8.20. The number of anilines is 3. The zero-order chi connectivity index (χ0) is 30.2. The first kappa shape index (κ1) is 30.4. The molecule has 0 unspecified atom stereocenters. The number of rotatable bonds is 9. The molecule has 2 fully saturated rings. The van der Waals surface area contributed by atoms with Crippen LogP contribution < -0.4 is 20.9 Å². The lowest BCUT2D eigenvalue weighted by Crippen LogP contribution is -2.48. The molecule has 9 nitrogen and oxygen atoms in total. The van der Waals surface area contributed by atoms with Crippen LogP contribution in [0.2, 0.25) is 0 Å². The third kappa shape index (κ3) is 7.66. The maximum absolute atomic E-state index is 13.3.